The number of ether oxygens (including phenoxy) is 1. The molecule has 1 heterocycles. The molecule has 0 fully saturated rings. The van der Waals surface area contributed by atoms with Crippen LogP contribution in [0.2, 0.25) is 0 Å². The predicted octanol–water partition coefficient (Wildman–Crippen LogP) is 2.00. The average molecular weight is 195 g/mol. The molecule has 0 unspecified atom stereocenters. The smallest absolute Gasteiger partial charge is 0.219 e. The van der Waals surface area contributed by atoms with E-state index in [4.69, 9.17) is 4.74 Å². The van der Waals surface area contributed by atoms with Gasteiger partial charge in [-0.05, 0) is 27.7 Å². The van der Waals surface area contributed by atoms with E-state index in [9.17, 15) is 0 Å². The van der Waals surface area contributed by atoms with Crippen LogP contribution >= 0.6 is 0 Å². The molecule has 0 aliphatic heterocycles. The molecule has 14 heavy (non-hydrogen) atoms. The minimum Gasteiger partial charge on any atom is -0.472 e. The second-order valence-corrected chi connectivity index (χ2v) is 4.10. The van der Waals surface area contributed by atoms with Crippen LogP contribution in [0.4, 0.5) is 5.82 Å². The van der Waals surface area contributed by atoms with Crippen LogP contribution in [-0.2, 0) is 0 Å². The highest BCUT2D eigenvalue weighted by Crippen LogP contribution is 2.18. The molecular weight excluding hydrogens is 178 g/mol. The Labute approximate surface area is 84.7 Å². The number of hydrogen-bond acceptors (Lipinski definition) is 4. The van der Waals surface area contributed by atoms with Crippen LogP contribution in [0.25, 0.3) is 0 Å². The molecule has 0 aromatic carbocycles. The molecule has 1 aromatic rings. The Morgan fingerprint density at radius 2 is 1.93 bits per heavy atom. The number of anilines is 1. The second-order valence-electron chi connectivity index (χ2n) is 4.10. The Kier molecular flexibility index (Phi) is 2.93. The number of aryl methyl sites for hydroxylation is 1. The molecule has 4 nitrogen and oxygen atoms in total. The molecule has 0 saturated carbocycles. The van der Waals surface area contributed by atoms with Crippen molar-refractivity contribution in [2.24, 2.45) is 0 Å². The van der Waals surface area contributed by atoms with Crippen molar-refractivity contribution in [2.75, 3.05) is 12.4 Å². The van der Waals surface area contributed by atoms with Crippen LogP contribution in [0.15, 0.2) is 6.07 Å². The van der Waals surface area contributed by atoms with Gasteiger partial charge in [-0.25, -0.2) is 4.98 Å². The highest BCUT2D eigenvalue weighted by molar-refractivity contribution is 5.37. The normalized spacial score (nSPS) is 11.2. The van der Waals surface area contributed by atoms with Crippen LogP contribution in [0.5, 0.6) is 5.88 Å². The number of aromatic nitrogens is 2. The van der Waals surface area contributed by atoms with E-state index in [2.05, 4.69) is 15.3 Å². The third-order valence-corrected chi connectivity index (χ3v) is 1.48. The maximum Gasteiger partial charge on any atom is 0.219 e. The summed E-state index contributed by atoms with van der Waals surface area (Å²) in [5, 5.41) is 2.96. The lowest BCUT2D eigenvalue weighted by Gasteiger charge is -2.20. The lowest BCUT2D eigenvalue weighted by atomic mass is 10.2. The summed E-state index contributed by atoms with van der Waals surface area (Å²) in [4.78, 5) is 8.37. The van der Waals surface area contributed by atoms with Gasteiger partial charge in [0.1, 0.15) is 17.2 Å². The third kappa shape index (κ3) is 3.20. The SMILES string of the molecule is CNc1cc(OC(C)(C)C)nc(C)n1. The van der Waals surface area contributed by atoms with Crippen molar-refractivity contribution >= 4 is 5.82 Å². The summed E-state index contributed by atoms with van der Waals surface area (Å²) < 4.78 is 5.63. The first-order valence-corrected chi connectivity index (χ1v) is 4.63. The van der Waals surface area contributed by atoms with Crippen molar-refractivity contribution in [3.8, 4) is 5.88 Å². The van der Waals surface area contributed by atoms with Crippen LogP contribution in [0.3, 0.4) is 0 Å². The Balaban J connectivity index is 2.92. The highest BCUT2D eigenvalue weighted by Gasteiger charge is 2.13. The lowest BCUT2D eigenvalue weighted by Crippen LogP contribution is -2.23. The first-order chi connectivity index (χ1) is 6.40. The van der Waals surface area contributed by atoms with Crippen molar-refractivity contribution in [3.63, 3.8) is 0 Å². The zero-order valence-electron chi connectivity index (χ0n) is 9.38. The molecule has 0 spiro atoms. The van der Waals surface area contributed by atoms with Gasteiger partial charge in [0.2, 0.25) is 5.88 Å². The maximum absolute atomic E-state index is 5.63. The van der Waals surface area contributed by atoms with Gasteiger partial charge in [0, 0.05) is 13.1 Å². The fraction of sp³-hybridized carbons (Fsp3) is 0.600. The monoisotopic (exact) mass is 195 g/mol. The standard InChI is InChI=1S/C10H17N3O/c1-7-12-8(11-5)6-9(13-7)14-10(2,3)4/h6H,1-5H3,(H,11,12,13). The van der Waals surface area contributed by atoms with Crippen LogP contribution in [-0.4, -0.2) is 22.6 Å². The molecule has 0 atom stereocenters. The van der Waals surface area contributed by atoms with Gasteiger partial charge in [-0.15, -0.1) is 0 Å². The van der Waals surface area contributed by atoms with Gasteiger partial charge >= 0.3 is 0 Å². The quantitative estimate of drug-likeness (QED) is 0.784. The molecule has 1 N–H and O–H groups in total. The van der Waals surface area contributed by atoms with Crippen molar-refractivity contribution in [1.29, 1.82) is 0 Å². The van der Waals surface area contributed by atoms with Gasteiger partial charge in [0.15, 0.2) is 0 Å². The molecule has 0 saturated heterocycles. The van der Waals surface area contributed by atoms with E-state index in [-0.39, 0.29) is 5.60 Å². The maximum atomic E-state index is 5.63. The van der Waals surface area contributed by atoms with E-state index in [1.807, 2.05) is 34.7 Å². The van der Waals surface area contributed by atoms with Gasteiger partial charge in [0.05, 0.1) is 0 Å². The third-order valence-electron chi connectivity index (χ3n) is 1.48. The topological polar surface area (TPSA) is 47.0 Å². The van der Waals surface area contributed by atoms with E-state index >= 15 is 0 Å². The molecule has 1 rings (SSSR count). The van der Waals surface area contributed by atoms with E-state index in [1.165, 1.54) is 0 Å². The molecule has 0 amide bonds. The molecule has 0 aliphatic rings. The predicted molar refractivity (Wildman–Crippen MR) is 56.7 cm³/mol. The molecule has 0 aliphatic carbocycles. The van der Waals surface area contributed by atoms with Crippen molar-refractivity contribution in [3.05, 3.63) is 11.9 Å². The Morgan fingerprint density at radius 1 is 1.29 bits per heavy atom. The van der Waals surface area contributed by atoms with Gasteiger partial charge in [-0.3, -0.25) is 0 Å². The Hall–Kier alpha value is -1.32. The first-order valence-electron chi connectivity index (χ1n) is 4.63. The summed E-state index contributed by atoms with van der Waals surface area (Å²) >= 11 is 0. The van der Waals surface area contributed by atoms with E-state index < -0.39 is 0 Å². The summed E-state index contributed by atoms with van der Waals surface area (Å²) in [7, 11) is 1.82. The van der Waals surface area contributed by atoms with Crippen LogP contribution in [0.1, 0.15) is 26.6 Å². The lowest BCUT2D eigenvalue weighted by molar-refractivity contribution is 0.124. The molecule has 78 valence electrons. The summed E-state index contributed by atoms with van der Waals surface area (Å²) in [6.45, 7) is 7.81. The van der Waals surface area contributed by atoms with E-state index in [0.717, 1.165) is 5.82 Å². The zero-order chi connectivity index (χ0) is 10.8. The number of nitrogens with zero attached hydrogens (tertiary/aromatic N) is 2. The summed E-state index contributed by atoms with van der Waals surface area (Å²) in [5.74, 6) is 2.09. The number of hydrogen-bond donors (Lipinski definition) is 1. The van der Waals surface area contributed by atoms with Gasteiger partial charge in [-0.1, -0.05) is 0 Å². The Morgan fingerprint density at radius 3 is 2.43 bits per heavy atom. The molecule has 0 bridgehead atoms. The molecule has 4 heteroatoms. The summed E-state index contributed by atoms with van der Waals surface area (Å²) in [6, 6.07) is 1.79. The van der Waals surface area contributed by atoms with Crippen molar-refractivity contribution < 1.29 is 4.74 Å². The van der Waals surface area contributed by atoms with Crippen LogP contribution in [0, 0.1) is 6.92 Å². The summed E-state index contributed by atoms with van der Waals surface area (Å²) in [6.07, 6.45) is 0. The highest BCUT2D eigenvalue weighted by atomic mass is 16.5. The molecular formula is C10H17N3O. The average Bonchev–Trinajstić information content (AvgIpc) is 1.99. The fourth-order valence-electron chi connectivity index (χ4n) is 1.03. The van der Waals surface area contributed by atoms with Crippen molar-refractivity contribution in [2.45, 2.75) is 33.3 Å². The van der Waals surface area contributed by atoms with Crippen LogP contribution < -0.4 is 10.1 Å². The number of rotatable bonds is 2. The number of nitrogens with one attached hydrogen (secondary N) is 1. The second kappa shape index (κ2) is 3.82. The minimum atomic E-state index is -0.230. The fourth-order valence-corrected chi connectivity index (χ4v) is 1.03. The van der Waals surface area contributed by atoms with Gasteiger partial charge < -0.3 is 10.1 Å². The van der Waals surface area contributed by atoms with E-state index in [1.54, 1.807) is 6.07 Å². The van der Waals surface area contributed by atoms with Gasteiger partial charge in [0.25, 0.3) is 0 Å². The largest absolute Gasteiger partial charge is 0.472 e. The summed E-state index contributed by atoms with van der Waals surface area (Å²) in [5.41, 5.74) is -0.230. The minimum absolute atomic E-state index is 0.230. The zero-order valence-corrected chi connectivity index (χ0v) is 9.38. The molecule has 0 radical (unpaired) electrons. The Bertz CT molecular complexity index is 318. The van der Waals surface area contributed by atoms with E-state index in [0.29, 0.717) is 11.7 Å². The first kappa shape index (κ1) is 10.8. The van der Waals surface area contributed by atoms with Gasteiger partial charge in [-0.2, -0.15) is 4.98 Å². The van der Waals surface area contributed by atoms with Crippen molar-refractivity contribution in [1.82, 2.24) is 9.97 Å². The molecule has 1 aromatic heterocycles.